The largest absolute Gasteiger partial charge is 0.497 e. The molecule has 1 saturated heterocycles. The van der Waals surface area contributed by atoms with Crippen molar-refractivity contribution in [1.82, 2.24) is 15.5 Å². The summed E-state index contributed by atoms with van der Waals surface area (Å²) in [6.45, 7) is 7.81. The molecule has 0 aliphatic carbocycles. The number of ether oxygens (including phenoxy) is 2. The van der Waals surface area contributed by atoms with E-state index in [1.165, 1.54) is 0 Å². The summed E-state index contributed by atoms with van der Waals surface area (Å²) < 4.78 is 10.9. The van der Waals surface area contributed by atoms with Crippen LogP contribution in [0.3, 0.4) is 0 Å². The fourth-order valence-corrected chi connectivity index (χ4v) is 3.01. The number of nitrogens with one attached hydrogen (secondary N) is 2. The van der Waals surface area contributed by atoms with Gasteiger partial charge in [0, 0.05) is 19.6 Å². The van der Waals surface area contributed by atoms with E-state index in [9.17, 15) is 4.79 Å². The molecule has 0 bridgehead atoms. The van der Waals surface area contributed by atoms with E-state index >= 15 is 0 Å². The number of nitrogens with zero attached hydrogens (tertiary/aromatic N) is 1. The van der Waals surface area contributed by atoms with Crippen molar-refractivity contribution in [3.05, 3.63) is 29.8 Å². The summed E-state index contributed by atoms with van der Waals surface area (Å²) >= 11 is 0. The van der Waals surface area contributed by atoms with Gasteiger partial charge in [0.1, 0.15) is 5.75 Å². The Morgan fingerprint density at radius 3 is 2.68 bits per heavy atom. The molecule has 1 fully saturated rings. The molecule has 1 aromatic carbocycles. The van der Waals surface area contributed by atoms with Crippen molar-refractivity contribution < 1.29 is 14.3 Å². The number of rotatable bonds is 8. The highest BCUT2D eigenvalue weighted by Crippen LogP contribution is 2.23. The number of methoxy groups -OCH3 is 1. The molecular weight excluding hydrogens is 318 g/mol. The van der Waals surface area contributed by atoms with Gasteiger partial charge < -0.3 is 25.0 Å². The van der Waals surface area contributed by atoms with Crippen molar-refractivity contribution in [1.29, 1.82) is 0 Å². The zero-order valence-electron chi connectivity index (χ0n) is 15.7. The van der Waals surface area contributed by atoms with E-state index in [-0.39, 0.29) is 18.1 Å². The minimum Gasteiger partial charge on any atom is -0.497 e. The van der Waals surface area contributed by atoms with Crippen molar-refractivity contribution in [2.24, 2.45) is 5.92 Å². The number of morpholine rings is 1. The Kier molecular flexibility index (Phi) is 7.68. The normalized spacial score (nSPS) is 19.6. The van der Waals surface area contributed by atoms with Crippen LogP contribution in [-0.2, 0) is 9.53 Å². The molecule has 6 heteroatoms. The maximum atomic E-state index is 12.3. The van der Waals surface area contributed by atoms with Gasteiger partial charge in [-0.05, 0) is 30.7 Å². The third-order valence-electron chi connectivity index (χ3n) is 4.46. The summed E-state index contributed by atoms with van der Waals surface area (Å²) in [5, 5.41) is 6.33. The molecule has 140 valence electrons. The monoisotopic (exact) mass is 349 g/mol. The van der Waals surface area contributed by atoms with Crippen LogP contribution in [0, 0.1) is 5.92 Å². The van der Waals surface area contributed by atoms with Gasteiger partial charge in [-0.15, -0.1) is 0 Å². The van der Waals surface area contributed by atoms with Crippen LogP contribution in [-0.4, -0.2) is 63.9 Å². The first kappa shape index (κ1) is 19.7. The van der Waals surface area contributed by atoms with E-state index in [1.807, 2.05) is 24.3 Å². The summed E-state index contributed by atoms with van der Waals surface area (Å²) in [6.07, 6.45) is 0.147. The Balaban J connectivity index is 1.81. The number of benzene rings is 1. The Morgan fingerprint density at radius 1 is 1.36 bits per heavy atom. The van der Waals surface area contributed by atoms with Gasteiger partial charge >= 0.3 is 0 Å². The lowest BCUT2D eigenvalue weighted by atomic mass is 9.96. The molecule has 6 nitrogen and oxygen atoms in total. The first-order valence-electron chi connectivity index (χ1n) is 8.93. The van der Waals surface area contributed by atoms with Gasteiger partial charge in [0.2, 0.25) is 5.91 Å². The molecule has 25 heavy (non-hydrogen) atoms. The van der Waals surface area contributed by atoms with Crippen LogP contribution in [0.5, 0.6) is 5.75 Å². The molecule has 1 amide bonds. The number of carbonyl (C=O) groups is 1. The second kappa shape index (κ2) is 9.75. The van der Waals surface area contributed by atoms with E-state index in [2.05, 4.69) is 36.4 Å². The summed E-state index contributed by atoms with van der Waals surface area (Å²) in [4.78, 5) is 14.6. The Morgan fingerprint density at radius 2 is 2.08 bits per heavy atom. The highest BCUT2D eigenvalue weighted by Gasteiger charge is 2.20. The average molecular weight is 349 g/mol. The zero-order chi connectivity index (χ0) is 18.2. The van der Waals surface area contributed by atoms with Crippen molar-refractivity contribution in [2.45, 2.75) is 26.0 Å². The van der Waals surface area contributed by atoms with Crippen LogP contribution in [0.2, 0.25) is 0 Å². The second-order valence-corrected chi connectivity index (χ2v) is 6.95. The van der Waals surface area contributed by atoms with Gasteiger partial charge in [0.05, 0.1) is 32.4 Å². The summed E-state index contributed by atoms with van der Waals surface area (Å²) in [7, 11) is 3.74. The van der Waals surface area contributed by atoms with Gasteiger partial charge in [-0.2, -0.15) is 0 Å². The van der Waals surface area contributed by atoms with E-state index in [1.54, 1.807) is 7.11 Å². The molecule has 0 saturated carbocycles. The van der Waals surface area contributed by atoms with Crippen LogP contribution < -0.4 is 15.4 Å². The molecule has 0 radical (unpaired) electrons. The maximum absolute atomic E-state index is 12.3. The Hall–Kier alpha value is -1.63. The number of hydrogen-bond donors (Lipinski definition) is 2. The predicted octanol–water partition coefficient (Wildman–Crippen LogP) is 1.43. The van der Waals surface area contributed by atoms with Gasteiger partial charge in [-0.1, -0.05) is 26.0 Å². The molecule has 2 atom stereocenters. The van der Waals surface area contributed by atoms with E-state index in [0.717, 1.165) is 31.0 Å². The lowest BCUT2D eigenvalue weighted by molar-refractivity contribution is -0.121. The SMILES string of the molecule is COc1ccc([C@@H](NC(=O)CNC[C@H]2CN(C)CCO2)C(C)C)cc1. The number of amides is 1. The fraction of sp³-hybridized carbons (Fsp3) is 0.632. The smallest absolute Gasteiger partial charge is 0.234 e. The molecule has 0 unspecified atom stereocenters. The quantitative estimate of drug-likeness (QED) is 0.743. The maximum Gasteiger partial charge on any atom is 0.234 e. The second-order valence-electron chi connectivity index (χ2n) is 6.95. The molecule has 1 aliphatic rings. The lowest BCUT2D eigenvalue weighted by Gasteiger charge is -2.30. The predicted molar refractivity (Wildman–Crippen MR) is 98.8 cm³/mol. The van der Waals surface area contributed by atoms with Crippen LogP contribution in [0.1, 0.15) is 25.5 Å². The molecule has 0 spiro atoms. The lowest BCUT2D eigenvalue weighted by Crippen LogP contribution is -2.46. The van der Waals surface area contributed by atoms with E-state index in [0.29, 0.717) is 19.0 Å². The van der Waals surface area contributed by atoms with Gasteiger partial charge in [-0.25, -0.2) is 0 Å². The summed E-state index contributed by atoms with van der Waals surface area (Å²) in [6, 6.07) is 7.83. The fourth-order valence-electron chi connectivity index (χ4n) is 3.01. The molecule has 2 N–H and O–H groups in total. The summed E-state index contributed by atoms with van der Waals surface area (Å²) in [5.41, 5.74) is 1.08. The van der Waals surface area contributed by atoms with Gasteiger partial charge in [-0.3, -0.25) is 4.79 Å². The Labute approximate surface area is 150 Å². The first-order valence-corrected chi connectivity index (χ1v) is 8.93. The minimum atomic E-state index is -0.0164. The van der Waals surface area contributed by atoms with Crippen LogP contribution in [0.15, 0.2) is 24.3 Å². The molecule has 1 heterocycles. The summed E-state index contributed by atoms with van der Waals surface area (Å²) in [5.74, 6) is 1.11. The Bertz CT molecular complexity index is 533. The highest BCUT2D eigenvalue weighted by molar-refractivity contribution is 5.78. The number of hydrogen-bond acceptors (Lipinski definition) is 5. The number of likely N-dealkylation sites (N-methyl/N-ethyl adjacent to an activating group) is 1. The van der Waals surface area contributed by atoms with Crippen molar-refractivity contribution >= 4 is 5.91 Å². The topological polar surface area (TPSA) is 62.8 Å². The van der Waals surface area contributed by atoms with E-state index in [4.69, 9.17) is 9.47 Å². The third kappa shape index (κ3) is 6.30. The highest BCUT2D eigenvalue weighted by atomic mass is 16.5. The molecule has 0 aromatic heterocycles. The first-order chi connectivity index (χ1) is 12.0. The van der Waals surface area contributed by atoms with E-state index < -0.39 is 0 Å². The van der Waals surface area contributed by atoms with Crippen molar-refractivity contribution in [2.75, 3.05) is 46.9 Å². The molecule has 1 aliphatic heterocycles. The molecule has 2 rings (SSSR count). The average Bonchev–Trinajstić information content (AvgIpc) is 2.60. The minimum absolute atomic E-state index is 0.00122. The van der Waals surface area contributed by atoms with Crippen molar-refractivity contribution in [3.8, 4) is 5.75 Å². The van der Waals surface area contributed by atoms with Crippen LogP contribution in [0.4, 0.5) is 0 Å². The molecule has 1 aromatic rings. The van der Waals surface area contributed by atoms with Crippen molar-refractivity contribution in [3.63, 3.8) is 0 Å². The number of carbonyl (C=O) groups excluding carboxylic acids is 1. The van der Waals surface area contributed by atoms with Gasteiger partial charge in [0.15, 0.2) is 0 Å². The van der Waals surface area contributed by atoms with Crippen LogP contribution >= 0.6 is 0 Å². The van der Waals surface area contributed by atoms with Gasteiger partial charge in [0.25, 0.3) is 0 Å². The standard InChI is InChI=1S/C19H31N3O3/c1-14(2)19(15-5-7-16(24-4)8-6-15)21-18(23)12-20-11-17-13-22(3)9-10-25-17/h5-8,14,17,19-20H,9-13H2,1-4H3,(H,21,23)/t17-,19-/m0/s1. The molecular formula is C19H31N3O3. The third-order valence-corrected chi connectivity index (χ3v) is 4.46. The zero-order valence-corrected chi connectivity index (χ0v) is 15.7. The van der Waals surface area contributed by atoms with Crippen LogP contribution in [0.25, 0.3) is 0 Å².